The highest BCUT2D eigenvalue weighted by Gasteiger charge is 2.22. The topological polar surface area (TPSA) is 140 Å². The zero-order chi connectivity index (χ0) is 27.9. The number of carbonyl (C=O) groups is 1. The van der Waals surface area contributed by atoms with Gasteiger partial charge in [-0.15, -0.1) is 0 Å². The number of amides is 1. The van der Waals surface area contributed by atoms with Crippen LogP contribution in [0.25, 0.3) is 0 Å². The van der Waals surface area contributed by atoms with Crippen molar-refractivity contribution >= 4 is 43.0 Å². The Morgan fingerprint density at radius 2 is 1.50 bits per heavy atom. The molecular formula is C25H29N3O8S2. The quantitative estimate of drug-likeness (QED) is 0.342. The van der Waals surface area contributed by atoms with Crippen LogP contribution in [0.3, 0.4) is 0 Å². The summed E-state index contributed by atoms with van der Waals surface area (Å²) in [5.74, 6) is 0.707. The minimum absolute atomic E-state index is 0.0625. The number of ether oxygens (including phenoxy) is 3. The Kier molecular flexibility index (Phi) is 9.07. The number of carbonyl (C=O) groups excluding carboxylic acids is 1. The highest BCUT2D eigenvalue weighted by Crippen LogP contribution is 2.31. The molecular weight excluding hydrogens is 534 g/mol. The molecule has 0 aliphatic heterocycles. The number of rotatable bonds is 12. The van der Waals surface area contributed by atoms with E-state index in [1.54, 1.807) is 36.4 Å². The number of nitrogens with zero attached hydrogens (tertiary/aromatic N) is 1. The van der Waals surface area contributed by atoms with E-state index in [2.05, 4.69) is 10.0 Å². The Bertz CT molecular complexity index is 1470. The fraction of sp³-hybridized carbons (Fsp3) is 0.240. The highest BCUT2D eigenvalue weighted by atomic mass is 32.2. The van der Waals surface area contributed by atoms with Crippen molar-refractivity contribution in [3.8, 4) is 17.2 Å². The summed E-state index contributed by atoms with van der Waals surface area (Å²) in [4.78, 5) is 12.6. The van der Waals surface area contributed by atoms with Gasteiger partial charge in [-0.2, -0.15) is 0 Å². The number of nitrogens with one attached hydrogen (secondary N) is 2. The zero-order valence-corrected chi connectivity index (χ0v) is 22.9. The minimum atomic E-state index is -3.99. The van der Waals surface area contributed by atoms with Crippen molar-refractivity contribution in [2.24, 2.45) is 0 Å². The van der Waals surface area contributed by atoms with Crippen molar-refractivity contribution in [2.45, 2.75) is 11.8 Å². The maximum Gasteiger partial charge on any atom is 0.262 e. The first-order valence-electron chi connectivity index (χ1n) is 11.3. The molecule has 0 radical (unpaired) electrons. The molecule has 0 aromatic heterocycles. The van der Waals surface area contributed by atoms with Gasteiger partial charge < -0.3 is 19.5 Å². The maximum atomic E-state index is 12.9. The Hall–Kier alpha value is -3.97. The number of methoxy groups -OCH3 is 2. The molecule has 3 rings (SSSR count). The summed E-state index contributed by atoms with van der Waals surface area (Å²) in [5, 5.41) is 2.59. The first kappa shape index (κ1) is 28.6. The lowest BCUT2D eigenvalue weighted by Crippen LogP contribution is -2.37. The first-order valence-corrected chi connectivity index (χ1v) is 14.7. The summed E-state index contributed by atoms with van der Waals surface area (Å²) >= 11 is 0. The van der Waals surface area contributed by atoms with Gasteiger partial charge in [-0.3, -0.25) is 13.8 Å². The number of hydrogen-bond donors (Lipinski definition) is 2. The van der Waals surface area contributed by atoms with Crippen LogP contribution in [0.5, 0.6) is 17.2 Å². The van der Waals surface area contributed by atoms with Crippen molar-refractivity contribution < 1.29 is 35.8 Å². The van der Waals surface area contributed by atoms with E-state index >= 15 is 0 Å². The normalized spacial score (nSPS) is 11.4. The summed E-state index contributed by atoms with van der Waals surface area (Å²) < 4.78 is 69.6. The van der Waals surface area contributed by atoms with E-state index in [0.717, 1.165) is 10.6 Å². The summed E-state index contributed by atoms with van der Waals surface area (Å²) in [6.07, 6.45) is 1.00. The smallest absolute Gasteiger partial charge is 0.262 e. The molecule has 0 heterocycles. The number of sulfonamides is 2. The SMILES string of the molecule is CCOc1ccc(N(CC(=O)Nc2ccc(S(=O)(=O)Nc3cc(OC)ccc3OC)cc2)S(C)(=O)=O)cc1. The molecule has 3 aromatic rings. The average Bonchev–Trinajstić information content (AvgIpc) is 2.87. The largest absolute Gasteiger partial charge is 0.497 e. The van der Waals surface area contributed by atoms with Crippen LogP contribution in [0, 0.1) is 0 Å². The molecule has 0 aliphatic rings. The van der Waals surface area contributed by atoms with Gasteiger partial charge >= 0.3 is 0 Å². The van der Waals surface area contributed by atoms with Crippen LogP contribution in [0.15, 0.2) is 71.6 Å². The van der Waals surface area contributed by atoms with E-state index in [0.29, 0.717) is 29.5 Å². The average molecular weight is 564 g/mol. The van der Waals surface area contributed by atoms with Gasteiger partial charge in [0, 0.05) is 11.8 Å². The van der Waals surface area contributed by atoms with Gasteiger partial charge in [0.1, 0.15) is 23.8 Å². The minimum Gasteiger partial charge on any atom is -0.497 e. The fourth-order valence-corrected chi connectivity index (χ4v) is 5.34. The number of hydrogen-bond acceptors (Lipinski definition) is 8. The van der Waals surface area contributed by atoms with Crippen LogP contribution >= 0.6 is 0 Å². The number of benzene rings is 3. The summed E-state index contributed by atoms with van der Waals surface area (Å²) in [6, 6.07) is 16.4. The van der Waals surface area contributed by atoms with Gasteiger partial charge in [0.15, 0.2) is 0 Å². The van der Waals surface area contributed by atoms with Gasteiger partial charge in [-0.25, -0.2) is 16.8 Å². The predicted octanol–water partition coefficient (Wildman–Crippen LogP) is 3.31. The molecule has 0 fully saturated rings. The molecule has 0 bridgehead atoms. The van der Waals surface area contributed by atoms with Crippen LogP contribution in [0.1, 0.15) is 6.92 Å². The standard InChI is InChI=1S/C25H29N3O8S2/c1-5-36-20-10-8-19(9-11-20)28(37(4,30)31)17-25(29)26-18-6-13-22(14-7-18)38(32,33)27-23-16-21(34-2)12-15-24(23)35-3/h6-16,27H,5,17H2,1-4H3,(H,26,29). The van der Waals surface area contributed by atoms with Crippen molar-refractivity contribution in [1.82, 2.24) is 0 Å². The molecule has 2 N–H and O–H groups in total. The molecule has 11 nitrogen and oxygen atoms in total. The van der Waals surface area contributed by atoms with Gasteiger partial charge in [-0.1, -0.05) is 0 Å². The lowest BCUT2D eigenvalue weighted by atomic mass is 10.3. The zero-order valence-electron chi connectivity index (χ0n) is 21.3. The van der Waals surface area contributed by atoms with E-state index in [1.807, 2.05) is 6.92 Å². The molecule has 0 unspecified atom stereocenters. The lowest BCUT2D eigenvalue weighted by Gasteiger charge is -2.22. The van der Waals surface area contributed by atoms with Crippen molar-refractivity contribution in [2.75, 3.05) is 48.0 Å². The summed E-state index contributed by atoms with van der Waals surface area (Å²) in [6.45, 7) is 1.81. The maximum absolute atomic E-state index is 12.9. The van der Waals surface area contributed by atoms with E-state index in [4.69, 9.17) is 14.2 Å². The second-order valence-corrected chi connectivity index (χ2v) is 11.5. The molecule has 13 heteroatoms. The van der Waals surface area contributed by atoms with Crippen LogP contribution < -0.4 is 28.6 Å². The predicted molar refractivity (Wildman–Crippen MR) is 145 cm³/mol. The van der Waals surface area contributed by atoms with Crippen molar-refractivity contribution in [1.29, 1.82) is 0 Å². The molecule has 1 amide bonds. The van der Waals surface area contributed by atoms with Crippen LogP contribution in [-0.4, -0.2) is 56.4 Å². The highest BCUT2D eigenvalue weighted by molar-refractivity contribution is 7.92. The molecule has 204 valence electrons. The van der Waals surface area contributed by atoms with Gasteiger partial charge in [0.05, 0.1) is 43.4 Å². The third-order valence-electron chi connectivity index (χ3n) is 5.22. The molecule has 0 saturated heterocycles. The van der Waals surface area contributed by atoms with E-state index in [-0.39, 0.29) is 16.3 Å². The summed E-state index contributed by atoms with van der Waals surface area (Å²) in [5.41, 5.74) is 0.777. The van der Waals surface area contributed by atoms with Gasteiger partial charge in [-0.05, 0) is 67.6 Å². The summed E-state index contributed by atoms with van der Waals surface area (Å²) in [7, 11) is -4.89. The van der Waals surface area contributed by atoms with Crippen LogP contribution in [-0.2, 0) is 24.8 Å². The van der Waals surface area contributed by atoms with Gasteiger partial charge in [0.2, 0.25) is 15.9 Å². The lowest BCUT2D eigenvalue weighted by molar-refractivity contribution is -0.114. The van der Waals surface area contributed by atoms with E-state index in [9.17, 15) is 21.6 Å². The fourth-order valence-electron chi connectivity index (χ4n) is 3.42. The Labute approximate surface area is 222 Å². The Morgan fingerprint density at radius 3 is 2.05 bits per heavy atom. The third-order valence-corrected chi connectivity index (χ3v) is 7.74. The van der Waals surface area contributed by atoms with Crippen LogP contribution in [0.2, 0.25) is 0 Å². The molecule has 38 heavy (non-hydrogen) atoms. The third kappa shape index (κ3) is 7.29. The van der Waals surface area contributed by atoms with Crippen LogP contribution in [0.4, 0.5) is 17.1 Å². The Balaban J connectivity index is 1.72. The molecule has 0 saturated carbocycles. The van der Waals surface area contributed by atoms with Gasteiger partial charge in [0.25, 0.3) is 10.0 Å². The van der Waals surface area contributed by atoms with Crippen molar-refractivity contribution in [3.05, 3.63) is 66.7 Å². The Morgan fingerprint density at radius 1 is 0.868 bits per heavy atom. The monoisotopic (exact) mass is 563 g/mol. The molecule has 0 aliphatic carbocycles. The van der Waals surface area contributed by atoms with E-state index < -0.39 is 32.5 Å². The molecule has 3 aromatic carbocycles. The molecule has 0 spiro atoms. The number of anilines is 3. The second-order valence-electron chi connectivity index (χ2n) is 7.94. The second kappa shape index (κ2) is 12.0. The van der Waals surface area contributed by atoms with E-state index in [1.165, 1.54) is 44.6 Å². The molecule has 0 atom stereocenters. The first-order chi connectivity index (χ1) is 18.0. The van der Waals surface area contributed by atoms with Crippen molar-refractivity contribution in [3.63, 3.8) is 0 Å².